The summed E-state index contributed by atoms with van der Waals surface area (Å²) in [6.45, 7) is 6.22. The molecule has 0 radical (unpaired) electrons. The van der Waals surface area contributed by atoms with Crippen molar-refractivity contribution in [3.63, 3.8) is 0 Å². The van der Waals surface area contributed by atoms with Crippen LogP contribution >= 0.6 is 0 Å². The van der Waals surface area contributed by atoms with Crippen LogP contribution in [0.25, 0.3) is 10.8 Å². The van der Waals surface area contributed by atoms with Crippen LogP contribution < -0.4 is 4.74 Å². The molecule has 0 saturated heterocycles. The molecular formula is C15H16N4O2. The standard InChI is InChI=1S/C15H16N4O2/c1-15(2,3)14-19-17-12(21-14)9-20-13-11-7-5-4-6-10(11)8-16-18-13/h4-8H,9H2,1-3H3. The van der Waals surface area contributed by atoms with E-state index in [-0.39, 0.29) is 12.0 Å². The molecule has 0 aliphatic heterocycles. The van der Waals surface area contributed by atoms with Crippen molar-refractivity contribution in [1.82, 2.24) is 20.4 Å². The van der Waals surface area contributed by atoms with Gasteiger partial charge in [-0.15, -0.1) is 15.3 Å². The first-order valence-corrected chi connectivity index (χ1v) is 6.70. The van der Waals surface area contributed by atoms with Gasteiger partial charge in [0.25, 0.3) is 5.89 Å². The molecule has 6 nitrogen and oxygen atoms in total. The highest BCUT2D eigenvalue weighted by Crippen LogP contribution is 2.23. The molecule has 0 bridgehead atoms. The monoisotopic (exact) mass is 284 g/mol. The fourth-order valence-corrected chi connectivity index (χ4v) is 1.85. The summed E-state index contributed by atoms with van der Waals surface area (Å²) in [7, 11) is 0. The van der Waals surface area contributed by atoms with E-state index in [4.69, 9.17) is 9.15 Å². The number of fused-ring (bicyclic) bond motifs is 1. The van der Waals surface area contributed by atoms with Crippen LogP contribution in [0.1, 0.15) is 32.6 Å². The molecule has 1 aromatic carbocycles. The van der Waals surface area contributed by atoms with Crippen LogP contribution in [0.15, 0.2) is 34.9 Å². The third kappa shape index (κ3) is 2.84. The van der Waals surface area contributed by atoms with E-state index in [1.165, 1.54) is 0 Å². The summed E-state index contributed by atoms with van der Waals surface area (Å²) in [4.78, 5) is 0. The van der Waals surface area contributed by atoms with Crippen molar-refractivity contribution in [2.24, 2.45) is 0 Å². The molecule has 0 spiro atoms. The van der Waals surface area contributed by atoms with E-state index in [0.29, 0.717) is 17.7 Å². The Hall–Kier alpha value is -2.50. The summed E-state index contributed by atoms with van der Waals surface area (Å²) < 4.78 is 11.2. The van der Waals surface area contributed by atoms with Gasteiger partial charge in [0.15, 0.2) is 6.61 Å². The zero-order chi connectivity index (χ0) is 14.9. The topological polar surface area (TPSA) is 73.9 Å². The van der Waals surface area contributed by atoms with Gasteiger partial charge in [-0.2, -0.15) is 5.10 Å². The Morgan fingerprint density at radius 2 is 1.90 bits per heavy atom. The average molecular weight is 284 g/mol. The number of hydrogen-bond acceptors (Lipinski definition) is 6. The van der Waals surface area contributed by atoms with Crippen LogP contribution in [-0.4, -0.2) is 20.4 Å². The highest BCUT2D eigenvalue weighted by atomic mass is 16.5. The van der Waals surface area contributed by atoms with Crippen molar-refractivity contribution in [3.05, 3.63) is 42.2 Å². The van der Waals surface area contributed by atoms with E-state index in [2.05, 4.69) is 20.4 Å². The molecule has 2 aromatic heterocycles. The predicted molar refractivity (Wildman–Crippen MR) is 76.9 cm³/mol. The number of nitrogens with zero attached hydrogens (tertiary/aromatic N) is 4. The fourth-order valence-electron chi connectivity index (χ4n) is 1.85. The zero-order valence-electron chi connectivity index (χ0n) is 12.2. The first-order valence-electron chi connectivity index (χ1n) is 6.70. The largest absolute Gasteiger partial charge is 0.466 e. The molecule has 0 unspecified atom stereocenters. The lowest BCUT2D eigenvalue weighted by Gasteiger charge is -2.11. The van der Waals surface area contributed by atoms with Gasteiger partial charge >= 0.3 is 0 Å². The Labute approximate surface area is 122 Å². The second-order valence-corrected chi connectivity index (χ2v) is 5.78. The SMILES string of the molecule is CC(C)(C)c1nnc(COc2nncc3ccccc23)o1. The van der Waals surface area contributed by atoms with Gasteiger partial charge in [0.05, 0.1) is 6.20 Å². The third-order valence-corrected chi connectivity index (χ3v) is 2.98. The van der Waals surface area contributed by atoms with E-state index >= 15 is 0 Å². The average Bonchev–Trinajstić information content (AvgIpc) is 2.94. The van der Waals surface area contributed by atoms with Crippen molar-refractivity contribution in [2.75, 3.05) is 0 Å². The van der Waals surface area contributed by atoms with E-state index in [9.17, 15) is 0 Å². The number of aromatic nitrogens is 4. The Morgan fingerprint density at radius 3 is 2.67 bits per heavy atom. The molecule has 3 rings (SSSR count). The minimum absolute atomic E-state index is 0.172. The molecule has 108 valence electrons. The van der Waals surface area contributed by atoms with Crippen LogP contribution in [0.5, 0.6) is 5.88 Å². The lowest BCUT2D eigenvalue weighted by Crippen LogP contribution is -2.11. The molecule has 0 atom stereocenters. The van der Waals surface area contributed by atoms with Gasteiger partial charge in [-0.1, -0.05) is 39.0 Å². The van der Waals surface area contributed by atoms with Crippen molar-refractivity contribution in [1.29, 1.82) is 0 Å². The first-order chi connectivity index (χ1) is 10.0. The number of ether oxygens (including phenoxy) is 1. The maximum atomic E-state index is 5.66. The van der Waals surface area contributed by atoms with Gasteiger partial charge in [-0.05, 0) is 6.07 Å². The molecule has 0 N–H and O–H groups in total. The second-order valence-electron chi connectivity index (χ2n) is 5.78. The van der Waals surface area contributed by atoms with Gasteiger partial charge in [0, 0.05) is 16.2 Å². The number of rotatable bonds is 3. The Kier molecular flexibility index (Phi) is 3.29. The second kappa shape index (κ2) is 5.12. The minimum atomic E-state index is -0.176. The van der Waals surface area contributed by atoms with E-state index in [1.807, 2.05) is 45.0 Å². The van der Waals surface area contributed by atoms with Crippen LogP contribution in [0.3, 0.4) is 0 Å². The molecule has 0 saturated carbocycles. The van der Waals surface area contributed by atoms with Crippen LogP contribution in [-0.2, 0) is 12.0 Å². The summed E-state index contributed by atoms with van der Waals surface area (Å²) in [6.07, 6.45) is 1.70. The van der Waals surface area contributed by atoms with Crippen molar-refractivity contribution < 1.29 is 9.15 Å². The number of benzene rings is 1. The first kappa shape index (κ1) is 13.5. The summed E-state index contributed by atoms with van der Waals surface area (Å²) in [5, 5.41) is 17.8. The molecule has 0 fully saturated rings. The lowest BCUT2D eigenvalue weighted by atomic mass is 9.97. The van der Waals surface area contributed by atoms with Gasteiger partial charge in [-0.3, -0.25) is 0 Å². The number of hydrogen-bond donors (Lipinski definition) is 0. The van der Waals surface area contributed by atoms with Crippen molar-refractivity contribution in [2.45, 2.75) is 32.8 Å². The summed E-state index contributed by atoms with van der Waals surface area (Å²) in [5.74, 6) is 1.48. The van der Waals surface area contributed by atoms with Crippen molar-refractivity contribution >= 4 is 10.8 Å². The van der Waals surface area contributed by atoms with Gasteiger partial charge < -0.3 is 9.15 Å². The van der Waals surface area contributed by atoms with Crippen LogP contribution in [0.2, 0.25) is 0 Å². The summed E-state index contributed by atoms with van der Waals surface area (Å²) >= 11 is 0. The molecule has 0 aliphatic rings. The van der Waals surface area contributed by atoms with Gasteiger partial charge in [-0.25, -0.2) is 0 Å². The van der Waals surface area contributed by atoms with Crippen LogP contribution in [0, 0.1) is 0 Å². The lowest BCUT2D eigenvalue weighted by molar-refractivity contribution is 0.244. The third-order valence-electron chi connectivity index (χ3n) is 2.98. The smallest absolute Gasteiger partial charge is 0.253 e. The minimum Gasteiger partial charge on any atom is -0.466 e. The maximum absolute atomic E-state index is 5.66. The molecule has 0 amide bonds. The van der Waals surface area contributed by atoms with Crippen LogP contribution in [0.4, 0.5) is 0 Å². The summed E-state index contributed by atoms with van der Waals surface area (Å²) in [6, 6.07) is 7.78. The zero-order valence-corrected chi connectivity index (χ0v) is 12.2. The Balaban J connectivity index is 1.79. The van der Waals surface area contributed by atoms with Gasteiger partial charge in [0.2, 0.25) is 11.8 Å². The highest BCUT2D eigenvalue weighted by Gasteiger charge is 2.21. The fraction of sp³-hybridized carbons (Fsp3) is 0.333. The molecule has 21 heavy (non-hydrogen) atoms. The Bertz CT molecular complexity index is 756. The molecular weight excluding hydrogens is 268 g/mol. The highest BCUT2D eigenvalue weighted by molar-refractivity contribution is 5.85. The molecule has 3 aromatic rings. The normalized spacial score (nSPS) is 11.8. The van der Waals surface area contributed by atoms with Crippen molar-refractivity contribution in [3.8, 4) is 5.88 Å². The van der Waals surface area contributed by atoms with E-state index < -0.39 is 0 Å². The molecule has 2 heterocycles. The van der Waals surface area contributed by atoms with Gasteiger partial charge in [0.1, 0.15) is 0 Å². The summed E-state index contributed by atoms with van der Waals surface area (Å²) in [5.41, 5.74) is -0.176. The quantitative estimate of drug-likeness (QED) is 0.736. The maximum Gasteiger partial charge on any atom is 0.253 e. The molecule has 0 aliphatic carbocycles. The Morgan fingerprint density at radius 1 is 1.10 bits per heavy atom. The van der Waals surface area contributed by atoms with E-state index in [1.54, 1.807) is 6.20 Å². The predicted octanol–water partition coefficient (Wildman–Crippen LogP) is 2.89. The van der Waals surface area contributed by atoms with E-state index in [0.717, 1.165) is 10.8 Å². The molecule has 6 heteroatoms.